The van der Waals surface area contributed by atoms with E-state index < -0.39 is 0 Å². The number of nitrogens with zero attached hydrogens (tertiary/aromatic N) is 1. The number of aromatic nitrogens is 1. The van der Waals surface area contributed by atoms with E-state index in [4.69, 9.17) is 9.47 Å². The van der Waals surface area contributed by atoms with E-state index in [9.17, 15) is 4.79 Å². The molecule has 0 spiro atoms. The highest BCUT2D eigenvalue weighted by Gasteiger charge is 2.15. The molecule has 0 unspecified atom stereocenters. The molecule has 0 aliphatic heterocycles. The molecule has 3 rings (SSSR count). The number of carbonyl (C=O) groups is 1. The van der Waals surface area contributed by atoms with Crippen LogP contribution in [0.4, 0.5) is 0 Å². The standard InChI is InChI=1S/C18H17NO3S/c1-3-21-18(20)16-9-19-8-15-13(11-23-17(15)16)10-22-14-6-4-5-12(2)7-14/h4-9,11H,3,10H2,1-2H3. The Hall–Kier alpha value is -2.40. The summed E-state index contributed by atoms with van der Waals surface area (Å²) in [7, 11) is 0. The second kappa shape index (κ2) is 6.79. The van der Waals surface area contributed by atoms with E-state index in [2.05, 4.69) is 4.98 Å². The lowest BCUT2D eigenvalue weighted by atomic mass is 10.2. The molecule has 0 saturated carbocycles. The Morgan fingerprint density at radius 2 is 2.17 bits per heavy atom. The van der Waals surface area contributed by atoms with Gasteiger partial charge in [-0.05, 0) is 36.9 Å². The fourth-order valence-electron chi connectivity index (χ4n) is 2.33. The number of esters is 1. The van der Waals surface area contributed by atoms with E-state index in [1.807, 2.05) is 36.6 Å². The van der Waals surface area contributed by atoms with Gasteiger partial charge < -0.3 is 9.47 Å². The number of carbonyl (C=O) groups excluding carboxylic acids is 1. The first kappa shape index (κ1) is 15.5. The summed E-state index contributed by atoms with van der Waals surface area (Å²) in [5, 5.41) is 2.94. The van der Waals surface area contributed by atoms with Gasteiger partial charge in [0.15, 0.2) is 0 Å². The molecule has 0 bridgehead atoms. The zero-order valence-corrected chi connectivity index (χ0v) is 13.9. The fraction of sp³-hybridized carbons (Fsp3) is 0.222. The first-order valence-electron chi connectivity index (χ1n) is 7.39. The molecule has 0 amide bonds. The van der Waals surface area contributed by atoms with Gasteiger partial charge in [0, 0.05) is 23.3 Å². The highest BCUT2D eigenvalue weighted by molar-refractivity contribution is 7.17. The van der Waals surface area contributed by atoms with Crippen LogP contribution in [0.3, 0.4) is 0 Å². The number of benzene rings is 1. The van der Waals surface area contributed by atoms with Crippen molar-refractivity contribution in [1.29, 1.82) is 0 Å². The number of ether oxygens (including phenoxy) is 2. The molecule has 4 nitrogen and oxygen atoms in total. The van der Waals surface area contributed by atoms with Crippen LogP contribution in [0, 0.1) is 6.92 Å². The molecular weight excluding hydrogens is 310 g/mol. The van der Waals surface area contributed by atoms with Crippen molar-refractivity contribution >= 4 is 27.4 Å². The van der Waals surface area contributed by atoms with Crippen molar-refractivity contribution in [3.05, 3.63) is 58.7 Å². The molecule has 0 saturated heterocycles. The van der Waals surface area contributed by atoms with Crippen LogP contribution in [0.2, 0.25) is 0 Å². The number of thiophene rings is 1. The van der Waals surface area contributed by atoms with Crippen molar-refractivity contribution < 1.29 is 14.3 Å². The molecule has 118 valence electrons. The molecule has 0 N–H and O–H groups in total. The second-order valence-electron chi connectivity index (χ2n) is 5.15. The molecule has 0 aliphatic rings. The summed E-state index contributed by atoms with van der Waals surface area (Å²) in [6, 6.07) is 7.93. The molecule has 0 aliphatic carbocycles. The number of hydrogen-bond donors (Lipinski definition) is 0. The Labute approximate surface area is 138 Å². The average molecular weight is 327 g/mol. The van der Waals surface area contributed by atoms with Crippen molar-refractivity contribution in [1.82, 2.24) is 4.98 Å². The lowest BCUT2D eigenvalue weighted by Gasteiger charge is -2.06. The van der Waals surface area contributed by atoms with Gasteiger partial charge in [0.1, 0.15) is 12.4 Å². The molecule has 1 aromatic carbocycles. The summed E-state index contributed by atoms with van der Waals surface area (Å²) in [5.41, 5.74) is 2.69. The van der Waals surface area contributed by atoms with Gasteiger partial charge >= 0.3 is 5.97 Å². The molecule has 0 radical (unpaired) electrons. The number of hydrogen-bond acceptors (Lipinski definition) is 5. The lowest BCUT2D eigenvalue weighted by Crippen LogP contribution is -2.05. The van der Waals surface area contributed by atoms with Crippen molar-refractivity contribution in [2.24, 2.45) is 0 Å². The summed E-state index contributed by atoms with van der Waals surface area (Å²) in [5.74, 6) is 0.498. The molecule has 2 heterocycles. The van der Waals surface area contributed by atoms with Crippen molar-refractivity contribution in [3.63, 3.8) is 0 Å². The zero-order chi connectivity index (χ0) is 16.2. The van der Waals surface area contributed by atoms with Crippen LogP contribution < -0.4 is 4.74 Å². The van der Waals surface area contributed by atoms with Crippen LogP contribution in [-0.2, 0) is 11.3 Å². The molecule has 2 aromatic heterocycles. The third-order valence-corrected chi connectivity index (χ3v) is 4.52. The van der Waals surface area contributed by atoms with E-state index in [0.29, 0.717) is 18.8 Å². The van der Waals surface area contributed by atoms with Gasteiger partial charge in [0.05, 0.1) is 16.9 Å². The van der Waals surface area contributed by atoms with Crippen molar-refractivity contribution in [2.45, 2.75) is 20.5 Å². The van der Waals surface area contributed by atoms with Crippen LogP contribution in [0.15, 0.2) is 42.0 Å². The van der Waals surface area contributed by atoms with Gasteiger partial charge in [-0.2, -0.15) is 0 Å². The Morgan fingerprint density at radius 3 is 2.96 bits per heavy atom. The summed E-state index contributed by atoms with van der Waals surface area (Å²) >= 11 is 1.51. The largest absolute Gasteiger partial charge is 0.489 e. The van der Waals surface area contributed by atoms with Crippen LogP contribution in [0.5, 0.6) is 5.75 Å². The normalized spacial score (nSPS) is 10.7. The Bertz CT molecular complexity index is 841. The zero-order valence-electron chi connectivity index (χ0n) is 13.0. The van der Waals surface area contributed by atoms with Gasteiger partial charge in [0.2, 0.25) is 0 Å². The third kappa shape index (κ3) is 3.35. The Kier molecular flexibility index (Phi) is 4.57. The van der Waals surface area contributed by atoms with Gasteiger partial charge in [0.25, 0.3) is 0 Å². The predicted molar refractivity (Wildman–Crippen MR) is 91.1 cm³/mol. The quantitative estimate of drug-likeness (QED) is 0.653. The predicted octanol–water partition coefficient (Wildman–Crippen LogP) is 4.36. The van der Waals surface area contributed by atoms with Crippen molar-refractivity contribution in [2.75, 3.05) is 6.61 Å². The van der Waals surface area contributed by atoms with E-state index in [0.717, 1.165) is 27.0 Å². The van der Waals surface area contributed by atoms with Crippen LogP contribution in [0.25, 0.3) is 10.1 Å². The minimum atomic E-state index is -0.335. The van der Waals surface area contributed by atoms with Gasteiger partial charge in [-0.1, -0.05) is 12.1 Å². The highest BCUT2D eigenvalue weighted by atomic mass is 32.1. The average Bonchev–Trinajstić information content (AvgIpc) is 2.96. The maximum Gasteiger partial charge on any atom is 0.341 e. The van der Waals surface area contributed by atoms with Crippen LogP contribution in [-0.4, -0.2) is 17.6 Å². The number of rotatable bonds is 5. The first-order valence-corrected chi connectivity index (χ1v) is 8.27. The minimum Gasteiger partial charge on any atom is -0.489 e. The van der Waals surface area contributed by atoms with Crippen LogP contribution in [0.1, 0.15) is 28.4 Å². The smallest absolute Gasteiger partial charge is 0.341 e. The summed E-state index contributed by atoms with van der Waals surface area (Å²) in [6.07, 6.45) is 3.32. The Balaban J connectivity index is 1.85. The van der Waals surface area contributed by atoms with Crippen molar-refractivity contribution in [3.8, 4) is 5.75 Å². The van der Waals surface area contributed by atoms with E-state index in [1.165, 1.54) is 11.3 Å². The molecule has 0 atom stereocenters. The van der Waals surface area contributed by atoms with Gasteiger partial charge in [-0.25, -0.2) is 4.79 Å². The van der Waals surface area contributed by atoms with Crippen LogP contribution >= 0.6 is 11.3 Å². The van der Waals surface area contributed by atoms with E-state index in [1.54, 1.807) is 19.3 Å². The summed E-state index contributed by atoms with van der Waals surface area (Å²) < 4.78 is 11.8. The molecule has 5 heteroatoms. The van der Waals surface area contributed by atoms with Gasteiger partial charge in [-0.3, -0.25) is 4.98 Å². The summed E-state index contributed by atoms with van der Waals surface area (Å²) in [4.78, 5) is 16.2. The minimum absolute atomic E-state index is 0.335. The molecule has 0 fully saturated rings. The highest BCUT2D eigenvalue weighted by Crippen LogP contribution is 2.29. The molecular formula is C18H17NO3S. The molecule has 3 aromatic rings. The van der Waals surface area contributed by atoms with E-state index in [-0.39, 0.29) is 5.97 Å². The number of aryl methyl sites for hydroxylation is 1. The topological polar surface area (TPSA) is 48.4 Å². The molecule has 23 heavy (non-hydrogen) atoms. The maximum atomic E-state index is 12.0. The number of fused-ring (bicyclic) bond motifs is 1. The number of pyridine rings is 1. The van der Waals surface area contributed by atoms with E-state index >= 15 is 0 Å². The Morgan fingerprint density at radius 1 is 1.30 bits per heavy atom. The fourth-order valence-corrected chi connectivity index (χ4v) is 3.36. The monoisotopic (exact) mass is 327 g/mol. The first-order chi connectivity index (χ1) is 11.2. The van der Waals surface area contributed by atoms with Gasteiger partial charge in [-0.15, -0.1) is 11.3 Å². The second-order valence-corrected chi connectivity index (χ2v) is 6.03. The maximum absolute atomic E-state index is 12.0. The third-order valence-electron chi connectivity index (χ3n) is 3.44. The lowest BCUT2D eigenvalue weighted by molar-refractivity contribution is 0.0528. The SMILES string of the molecule is CCOC(=O)c1cncc2c(COc3cccc(C)c3)csc12. The summed E-state index contributed by atoms with van der Waals surface area (Å²) in [6.45, 7) is 4.62.